The minimum absolute atomic E-state index is 0.0415. The lowest BCUT2D eigenvalue weighted by Crippen LogP contribution is -2.25. The molecule has 0 aromatic rings. The largest absolute Gasteiger partial charge is 0.465 e. The van der Waals surface area contributed by atoms with Gasteiger partial charge in [0.15, 0.2) is 0 Å². The molecule has 0 atom stereocenters. The molecule has 0 unspecified atom stereocenters. The second-order valence-corrected chi connectivity index (χ2v) is 3.05. The molecule has 0 aromatic carbocycles. The SMILES string of the molecule is CCCOC(=O)C1CCOCC1. The highest BCUT2D eigenvalue weighted by atomic mass is 16.5. The molecule has 1 heterocycles. The van der Waals surface area contributed by atoms with E-state index in [1.807, 2.05) is 6.92 Å². The third-order valence-electron chi connectivity index (χ3n) is 2.00. The Bertz CT molecular complexity index is 139. The number of rotatable bonds is 3. The lowest BCUT2D eigenvalue weighted by atomic mass is 10.0. The van der Waals surface area contributed by atoms with Gasteiger partial charge in [0, 0.05) is 13.2 Å². The monoisotopic (exact) mass is 172 g/mol. The summed E-state index contributed by atoms with van der Waals surface area (Å²) in [6.07, 6.45) is 2.54. The maximum Gasteiger partial charge on any atom is 0.309 e. The second-order valence-electron chi connectivity index (χ2n) is 3.05. The molecule has 1 rings (SSSR count). The van der Waals surface area contributed by atoms with Crippen LogP contribution < -0.4 is 0 Å². The van der Waals surface area contributed by atoms with Crippen LogP contribution in [0.25, 0.3) is 0 Å². The lowest BCUT2D eigenvalue weighted by molar-refractivity contribution is -0.151. The van der Waals surface area contributed by atoms with Gasteiger partial charge in [0.1, 0.15) is 0 Å². The summed E-state index contributed by atoms with van der Waals surface area (Å²) in [6.45, 7) is 3.95. The van der Waals surface area contributed by atoms with Crippen molar-refractivity contribution in [2.45, 2.75) is 26.2 Å². The van der Waals surface area contributed by atoms with Crippen molar-refractivity contribution in [3.8, 4) is 0 Å². The summed E-state index contributed by atoms with van der Waals surface area (Å²) < 4.78 is 10.2. The number of hydrogen-bond acceptors (Lipinski definition) is 3. The quantitative estimate of drug-likeness (QED) is 0.603. The molecule has 3 heteroatoms. The van der Waals surface area contributed by atoms with E-state index >= 15 is 0 Å². The number of carbonyl (C=O) groups is 1. The zero-order chi connectivity index (χ0) is 8.81. The van der Waals surface area contributed by atoms with Crippen LogP contribution in [0.3, 0.4) is 0 Å². The van der Waals surface area contributed by atoms with Crippen molar-refractivity contribution in [3.05, 3.63) is 0 Å². The summed E-state index contributed by atoms with van der Waals surface area (Å²) in [6, 6.07) is 0. The van der Waals surface area contributed by atoms with E-state index in [2.05, 4.69) is 0 Å². The summed E-state index contributed by atoms with van der Waals surface area (Å²) in [5.41, 5.74) is 0. The summed E-state index contributed by atoms with van der Waals surface area (Å²) in [7, 11) is 0. The minimum atomic E-state index is -0.0415. The summed E-state index contributed by atoms with van der Waals surface area (Å²) >= 11 is 0. The predicted octanol–water partition coefficient (Wildman–Crippen LogP) is 1.37. The van der Waals surface area contributed by atoms with Crippen LogP contribution in [0.1, 0.15) is 26.2 Å². The zero-order valence-electron chi connectivity index (χ0n) is 7.54. The van der Waals surface area contributed by atoms with E-state index in [9.17, 15) is 4.79 Å². The van der Waals surface area contributed by atoms with Gasteiger partial charge >= 0.3 is 5.97 Å². The fraction of sp³-hybridized carbons (Fsp3) is 0.889. The van der Waals surface area contributed by atoms with Crippen LogP contribution in [0.2, 0.25) is 0 Å². The third-order valence-corrected chi connectivity index (χ3v) is 2.00. The van der Waals surface area contributed by atoms with Crippen LogP contribution in [-0.2, 0) is 14.3 Å². The zero-order valence-corrected chi connectivity index (χ0v) is 7.54. The van der Waals surface area contributed by atoms with Gasteiger partial charge in [0.05, 0.1) is 12.5 Å². The van der Waals surface area contributed by atoms with Crippen molar-refractivity contribution in [3.63, 3.8) is 0 Å². The van der Waals surface area contributed by atoms with Crippen molar-refractivity contribution in [2.75, 3.05) is 19.8 Å². The molecule has 0 saturated carbocycles. The lowest BCUT2D eigenvalue weighted by Gasteiger charge is -2.20. The van der Waals surface area contributed by atoms with E-state index in [1.54, 1.807) is 0 Å². The molecule has 0 aliphatic carbocycles. The van der Waals surface area contributed by atoms with Gasteiger partial charge in [-0.15, -0.1) is 0 Å². The molecule has 12 heavy (non-hydrogen) atoms. The molecule has 0 N–H and O–H groups in total. The van der Waals surface area contributed by atoms with Gasteiger partial charge in [-0.25, -0.2) is 0 Å². The Kier molecular flexibility index (Phi) is 4.08. The molecule has 0 radical (unpaired) electrons. The van der Waals surface area contributed by atoms with Gasteiger partial charge in [-0.3, -0.25) is 4.79 Å². The first-order valence-corrected chi connectivity index (χ1v) is 4.59. The van der Waals surface area contributed by atoms with Crippen molar-refractivity contribution in [2.24, 2.45) is 5.92 Å². The fourth-order valence-corrected chi connectivity index (χ4v) is 1.25. The maximum atomic E-state index is 11.3. The number of hydrogen-bond donors (Lipinski definition) is 0. The number of ether oxygens (including phenoxy) is 2. The minimum Gasteiger partial charge on any atom is -0.465 e. The van der Waals surface area contributed by atoms with Crippen LogP contribution in [0.15, 0.2) is 0 Å². The summed E-state index contributed by atoms with van der Waals surface area (Å²) in [5.74, 6) is 0.0467. The van der Waals surface area contributed by atoms with E-state index in [0.29, 0.717) is 19.8 Å². The normalized spacial score (nSPS) is 19.1. The van der Waals surface area contributed by atoms with Crippen LogP contribution in [0, 0.1) is 5.92 Å². The molecule has 0 bridgehead atoms. The van der Waals surface area contributed by atoms with Crippen LogP contribution in [0.4, 0.5) is 0 Å². The Hall–Kier alpha value is -0.570. The molecule has 0 aromatic heterocycles. The smallest absolute Gasteiger partial charge is 0.309 e. The van der Waals surface area contributed by atoms with Crippen molar-refractivity contribution in [1.82, 2.24) is 0 Å². The molecule has 1 aliphatic rings. The molecular formula is C9H16O3. The van der Waals surface area contributed by atoms with Gasteiger partial charge in [0.25, 0.3) is 0 Å². The van der Waals surface area contributed by atoms with Crippen LogP contribution in [0.5, 0.6) is 0 Å². The van der Waals surface area contributed by atoms with E-state index in [4.69, 9.17) is 9.47 Å². The summed E-state index contributed by atoms with van der Waals surface area (Å²) in [4.78, 5) is 11.3. The highest BCUT2D eigenvalue weighted by Crippen LogP contribution is 2.15. The Morgan fingerprint density at radius 1 is 1.50 bits per heavy atom. The average Bonchev–Trinajstić information content (AvgIpc) is 2.15. The standard InChI is InChI=1S/C9H16O3/c1-2-5-12-9(10)8-3-6-11-7-4-8/h8H,2-7H2,1H3. The Balaban J connectivity index is 2.20. The molecule has 70 valence electrons. The molecular weight excluding hydrogens is 156 g/mol. The van der Waals surface area contributed by atoms with Crippen molar-refractivity contribution >= 4 is 5.97 Å². The Labute approximate surface area is 73.0 Å². The van der Waals surface area contributed by atoms with E-state index in [1.165, 1.54) is 0 Å². The van der Waals surface area contributed by atoms with Gasteiger partial charge in [-0.1, -0.05) is 6.92 Å². The molecule has 0 amide bonds. The molecule has 3 nitrogen and oxygen atoms in total. The fourth-order valence-electron chi connectivity index (χ4n) is 1.25. The Morgan fingerprint density at radius 3 is 2.75 bits per heavy atom. The molecule has 1 fully saturated rings. The maximum absolute atomic E-state index is 11.3. The van der Waals surface area contributed by atoms with E-state index < -0.39 is 0 Å². The van der Waals surface area contributed by atoms with Gasteiger partial charge in [0.2, 0.25) is 0 Å². The second kappa shape index (κ2) is 5.14. The van der Waals surface area contributed by atoms with Gasteiger partial charge in [-0.2, -0.15) is 0 Å². The first-order valence-electron chi connectivity index (χ1n) is 4.59. The first-order chi connectivity index (χ1) is 5.84. The van der Waals surface area contributed by atoms with Crippen LogP contribution >= 0.6 is 0 Å². The van der Waals surface area contributed by atoms with Gasteiger partial charge in [-0.05, 0) is 19.3 Å². The van der Waals surface area contributed by atoms with E-state index in [-0.39, 0.29) is 11.9 Å². The van der Waals surface area contributed by atoms with E-state index in [0.717, 1.165) is 19.3 Å². The topological polar surface area (TPSA) is 35.5 Å². The molecule has 1 saturated heterocycles. The Morgan fingerprint density at radius 2 is 2.17 bits per heavy atom. The first kappa shape index (κ1) is 9.52. The molecule has 1 aliphatic heterocycles. The molecule has 0 spiro atoms. The number of esters is 1. The third kappa shape index (κ3) is 2.81. The van der Waals surface area contributed by atoms with Crippen molar-refractivity contribution in [1.29, 1.82) is 0 Å². The van der Waals surface area contributed by atoms with Crippen LogP contribution in [-0.4, -0.2) is 25.8 Å². The van der Waals surface area contributed by atoms with Crippen molar-refractivity contribution < 1.29 is 14.3 Å². The number of carbonyl (C=O) groups excluding carboxylic acids is 1. The highest BCUT2D eigenvalue weighted by Gasteiger charge is 2.22. The predicted molar refractivity (Wildman–Crippen MR) is 44.8 cm³/mol. The van der Waals surface area contributed by atoms with Gasteiger partial charge < -0.3 is 9.47 Å². The highest BCUT2D eigenvalue weighted by molar-refractivity contribution is 5.72. The average molecular weight is 172 g/mol. The summed E-state index contributed by atoms with van der Waals surface area (Å²) in [5, 5.41) is 0.